The van der Waals surface area contributed by atoms with Gasteiger partial charge in [0.05, 0.1) is 49.7 Å². The van der Waals surface area contributed by atoms with Gasteiger partial charge in [0.25, 0.3) is 35.2 Å². The fourth-order valence-corrected chi connectivity index (χ4v) is 12.7. The molecule has 12 atom stereocenters. The van der Waals surface area contributed by atoms with Crippen LogP contribution in [0.15, 0.2) is 121 Å². The smallest absolute Gasteiger partial charge is 0.477 e. The summed E-state index contributed by atoms with van der Waals surface area (Å²) in [6.07, 6.45) is -14.9. The number of carbonyl (C=O) groups is 8. The number of aliphatic hydroxyl groups is 6. The molecule has 2 aliphatic rings. The number of ether oxygens (including phenoxy) is 4. The number of aliphatic hydroxyl groups excluding tert-OH is 6. The second-order valence-corrected chi connectivity index (χ2v) is 25.9. The van der Waals surface area contributed by atoms with Crippen LogP contribution in [0.3, 0.4) is 0 Å². The third-order valence-corrected chi connectivity index (χ3v) is 18.4. The number of hydrogen-bond acceptors (Lipinski definition) is 20. The minimum atomic E-state index is -2.50. The van der Waals surface area contributed by atoms with Gasteiger partial charge in [-0.1, -0.05) is 83.9 Å². The van der Waals surface area contributed by atoms with Gasteiger partial charge in [0.15, 0.2) is 0 Å². The van der Waals surface area contributed by atoms with E-state index in [1.807, 2.05) is 24.3 Å². The number of aliphatic carboxylic acids is 2. The molecule has 0 aliphatic carbocycles. The number of carbonyl (C=O) groups excluding carboxylic acids is 6. The van der Waals surface area contributed by atoms with Crippen LogP contribution in [0, 0.1) is 0 Å². The molecular formula is C66H78Cl2N6NaO20S2+. The number of hydrogen-bond donors (Lipinski definition) is 14. The quantitative estimate of drug-likeness (QED) is 0.0194. The van der Waals surface area contributed by atoms with E-state index in [0.29, 0.717) is 44.2 Å². The number of halogens is 2. The van der Waals surface area contributed by atoms with Crippen LogP contribution < -0.4 is 61.5 Å². The molecule has 2 aliphatic heterocycles. The Hall–Kier alpha value is -6.26. The standard InChI is InChI=1S/C66H78Cl2N6O20S2.Na/c1-37(75)73-53-49(77)33-65(63(87)88,93-57(53)55(81)51(79)35-71-61(85)43-17-13-39(14-18-43)45-9-3-5-11-47(45)67)91-27-7-29-95-31-25-69-59(83)41-21-23-42(24-22-41)60(84)70-26-32-96-30-8-28-92-66(64(89)90)34-50(78)54(74-38(2)76)58(94-66)56(82)52(80)36-72-62(86)44-19-15-40(16-20-44)46-10-4-6-12-48(46)68;/h3-6,9-24,49-58,77-82H,7-8,25-36H2,1-2H3,(H,69,83)(H,70,84)(H,71,85)(H,72,86)(H,73,75)(H,74,76)(H,87,88)(H,89,90);/q;+1/t49-,50-,51+,52+,53+,54+,55?,56?,57+,58+,65+,66+;/m0./s1. The zero-order valence-corrected chi connectivity index (χ0v) is 58.4. The summed E-state index contributed by atoms with van der Waals surface area (Å²) < 4.78 is 23.2. The molecule has 7 rings (SSSR count). The summed E-state index contributed by atoms with van der Waals surface area (Å²) in [4.78, 5) is 102. The molecule has 2 unspecified atom stereocenters. The first-order chi connectivity index (χ1) is 45.8. The predicted molar refractivity (Wildman–Crippen MR) is 356 cm³/mol. The van der Waals surface area contributed by atoms with Gasteiger partial charge in [-0.15, -0.1) is 0 Å². The Bertz CT molecular complexity index is 3260. The molecule has 5 aromatic carbocycles. The molecule has 0 aromatic heterocycles. The SMILES string of the molecule is CC(=O)N[C@@H]1[C@@H](O)C[C@](OCCCSCCNC(=O)c2ccc(C(=O)NCCSCCCO[C@]3(C(=O)O)C[C@H](O)[C@@H](NC(C)=O)[C@H](C(O)[C@H](O)CNC(=O)c4ccc(-c5ccccc5Cl)cc4)O3)cc2)(C(=O)O)O[C@H]1C(O)[C@H](O)CNC(=O)c1ccc(-c2ccccc2Cl)cc1.[Na+]. The first-order valence-corrected chi connectivity index (χ1v) is 33.7. The van der Waals surface area contributed by atoms with Crippen LogP contribution in [0.1, 0.15) is 81.0 Å². The van der Waals surface area contributed by atoms with Crippen molar-refractivity contribution in [2.45, 2.75) is 112 Å². The van der Waals surface area contributed by atoms with Crippen molar-refractivity contribution in [1.82, 2.24) is 31.9 Å². The first kappa shape index (κ1) is 79.7. The zero-order valence-electron chi connectivity index (χ0n) is 53.3. The number of carboxylic acid groups (broad SMARTS) is 2. The van der Waals surface area contributed by atoms with E-state index in [2.05, 4.69) is 31.9 Å². The third-order valence-electron chi connectivity index (χ3n) is 15.6. The molecule has 97 heavy (non-hydrogen) atoms. The summed E-state index contributed by atoms with van der Waals surface area (Å²) in [5.74, 6) is -9.81. The number of benzene rings is 5. The Balaban J connectivity index is 0.0000149. The van der Waals surface area contributed by atoms with Crippen molar-refractivity contribution < 1.29 is 128 Å². The second kappa shape index (κ2) is 38.4. The van der Waals surface area contributed by atoms with Gasteiger partial charge in [-0.05, 0) is 96.1 Å². The second-order valence-electron chi connectivity index (χ2n) is 22.6. The molecule has 14 N–H and O–H groups in total. The number of carboxylic acids is 2. The van der Waals surface area contributed by atoms with Gasteiger partial charge in [-0.3, -0.25) is 28.8 Å². The zero-order chi connectivity index (χ0) is 69.7. The Morgan fingerprint density at radius 2 is 0.825 bits per heavy atom. The number of rotatable bonds is 34. The summed E-state index contributed by atoms with van der Waals surface area (Å²) in [5, 5.41) is 104. The first-order valence-electron chi connectivity index (χ1n) is 30.6. The van der Waals surface area contributed by atoms with E-state index in [0.717, 1.165) is 36.1 Å². The van der Waals surface area contributed by atoms with E-state index in [9.17, 15) is 79.2 Å². The topological polar surface area (TPSA) is 408 Å². The third kappa shape index (κ3) is 22.4. The fraction of sp³-hybridized carbons (Fsp3) is 0.424. The molecular weight excluding hydrogens is 1350 g/mol. The van der Waals surface area contributed by atoms with E-state index >= 15 is 0 Å². The molecule has 0 saturated carbocycles. The fourth-order valence-electron chi connectivity index (χ4n) is 10.6. The van der Waals surface area contributed by atoms with Crippen molar-refractivity contribution in [2.24, 2.45) is 0 Å². The summed E-state index contributed by atoms with van der Waals surface area (Å²) in [7, 11) is 0. The molecule has 6 amide bonds. The maximum Gasteiger partial charge on any atom is 1.00 e. The van der Waals surface area contributed by atoms with E-state index in [-0.39, 0.29) is 79.8 Å². The maximum atomic E-state index is 13.0. The van der Waals surface area contributed by atoms with Gasteiger partial charge >= 0.3 is 41.5 Å². The van der Waals surface area contributed by atoms with Crippen LogP contribution in [0.2, 0.25) is 10.0 Å². The van der Waals surface area contributed by atoms with Gasteiger partial charge in [0.1, 0.15) is 24.4 Å². The predicted octanol–water partition coefficient (Wildman–Crippen LogP) is 0.245. The minimum absolute atomic E-state index is 0. The van der Waals surface area contributed by atoms with Crippen molar-refractivity contribution in [2.75, 3.05) is 62.4 Å². The van der Waals surface area contributed by atoms with Gasteiger partial charge in [0.2, 0.25) is 11.8 Å². The van der Waals surface area contributed by atoms with Crippen LogP contribution in [0.5, 0.6) is 0 Å². The molecule has 5 aromatic rings. The average molecular weight is 1430 g/mol. The summed E-state index contributed by atoms with van der Waals surface area (Å²) in [5.41, 5.74) is 4.05. The molecule has 518 valence electrons. The van der Waals surface area contributed by atoms with Crippen molar-refractivity contribution >= 4 is 94.1 Å². The van der Waals surface area contributed by atoms with E-state index in [4.69, 9.17) is 42.1 Å². The number of thioether (sulfide) groups is 2. The van der Waals surface area contributed by atoms with Crippen LogP contribution in [0.25, 0.3) is 22.3 Å². The van der Waals surface area contributed by atoms with Crippen molar-refractivity contribution in [3.63, 3.8) is 0 Å². The number of nitrogens with one attached hydrogen (secondary N) is 6. The largest absolute Gasteiger partial charge is 1.00 e. The van der Waals surface area contributed by atoms with Crippen LogP contribution in [0.4, 0.5) is 0 Å². The van der Waals surface area contributed by atoms with Gasteiger partial charge < -0.3 is 91.7 Å². The van der Waals surface area contributed by atoms with Crippen molar-refractivity contribution in [1.29, 1.82) is 0 Å². The summed E-state index contributed by atoms with van der Waals surface area (Å²) >= 11 is 15.4. The molecule has 2 fully saturated rings. The van der Waals surface area contributed by atoms with Gasteiger partial charge in [0, 0.05) is 108 Å². The summed E-state index contributed by atoms with van der Waals surface area (Å²) in [6, 6.07) is 30.5. The normalized spacial score (nSPS) is 21.8. The maximum absolute atomic E-state index is 13.0. The van der Waals surface area contributed by atoms with Crippen LogP contribution >= 0.6 is 46.7 Å². The van der Waals surface area contributed by atoms with Gasteiger partial charge in [-0.25, -0.2) is 9.59 Å². The van der Waals surface area contributed by atoms with Crippen molar-refractivity contribution in [3.8, 4) is 22.3 Å². The van der Waals surface area contributed by atoms with E-state index in [1.54, 1.807) is 72.8 Å². The Morgan fingerprint density at radius 1 is 0.505 bits per heavy atom. The average Bonchev–Trinajstić information content (AvgIpc) is 0.775. The van der Waals surface area contributed by atoms with Crippen molar-refractivity contribution in [3.05, 3.63) is 154 Å². The molecule has 0 spiro atoms. The van der Waals surface area contributed by atoms with E-state index in [1.165, 1.54) is 47.8 Å². The van der Waals surface area contributed by atoms with Crippen LogP contribution in [-0.2, 0) is 38.1 Å². The molecule has 0 bridgehead atoms. The Labute approximate surface area is 599 Å². The Morgan fingerprint density at radius 3 is 1.14 bits per heavy atom. The molecule has 26 nitrogen and oxygen atoms in total. The molecule has 2 heterocycles. The monoisotopic (exact) mass is 1430 g/mol. The number of amides is 6. The Kier molecular flexibility index (Phi) is 31.5. The molecule has 31 heteroatoms. The minimum Gasteiger partial charge on any atom is -0.477 e. The van der Waals surface area contributed by atoms with Crippen LogP contribution in [-0.4, -0.2) is 223 Å². The molecule has 2 saturated heterocycles. The molecule has 0 radical (unpaired) electrons. The van der Waals surface area contributed by atoms with Gasteiger partial charge in [-0.2, -0.15) is 23.5 Å². The van der Waals surface area contributed by atoms with E-state index < -0.39 is 146 Å². The summed E-state index contributed by atoms with van der Waals surface area (Å²) in [6.45, 7) is 1.32.